The van der Waals surface area contributed by atoms with Crippen LogP contribution in [-0.2, 0) is 13.0 Å². The molecule has 1 unspecified atom stereocenters. The molecule has 2 aromatic heterocycles. The molecule has 1 aliphatic rings. The lowest BCUT2D eigenvalue weighted by Crippen LogP contribution is -2.51. The molecule has 0 aliphatic carbocycles. The summed E-state index contributed by atoms with van der Waals surface area (Å²) < 4.78 is 29.0. The number of aromatic amines is 1. The third kappa shape index (κ3) is 9.10. The van der Waals surface area contributed by atoms with Gasteiger partial charge in [-0.25, -0.2) is 18.7 Å². The summed E-state index contributed by atoms with van der Waals surface area (Å²) >= 11 is 12.2. The predicted octanol–water partition coefficient (Wildman–Crippen LogP) is 5.87. The molecule has 11 heteroatoms. The Kier molecular flexibility index (Phi) is 12.8. The van der Waals surface area contributed by atoms with Crippen molar-refractivity contribution < 1.29 is 8.78 Å². The van der Waals surface area contributed by atoms with Crippen molar-refractivity contribution in [1.82, 2.24) is 30.8 Å². The molecule has 1 aliphatic heterocycles. The standard InChI is InChI=1S/C23H31Cl2F2N7.C2H6/c1-3-16(24)7-8-18-15(2)20(34-33-18)13-28-11-9-19-17(25)12-30-22(32-19)31-14-23(26,27)21-6-4-5-10-29-21;1-2/h3,7-8,12,21,28-29H,4-6,9-11,13-14H2,1-2H3,(H,33,34)(H,30,31,32);1-2H3/b8-7-,16-3+;. The van der Waals surface area contributed by atoms with Crippen LogP contribution in [0.3, 0.4) is 0 Å². The first-order valence-corrected chi connectivity index (χ1v) is 13.2. The van der Waals surface area contributed by atoms with Gasteiger partial charge in [0, 0.05) is 24.5 Å². The fourth-order valence-corrected chi connectivity index (χ4v) is 3.90. The van der Waals surface area contributed by atoms with E-state index < -0.39 is 18.5 Å². The number of rotatable bonds is 11. The molecule has 2 aromatic rings. The van der Waals surface area contributed by atoms with E-state index >= 15 is 0 Å². The highest BCUT2D eigenvalue weighted by molar-refractivity contribution is 6.31. The normalized spacial score (nSPS) is 16.7. The molecule has 3 heterocycles. The summed E-state index contributed by atoms with van der Waals surface area (Å²) in [6.07, 6.45) is 9.63. The summed E-state index contributed by atoms with van der Waals surface area (Å²) in [5.41, 5.74) is 3.42. The molecule has 0 saturated carbocycles. The van der Waals surface area contributed by atoms with Crippen LogP contribution in [-0.4, -0.2) is 51.8 Å². The van der Waals surface area contributed by atoms with Crippen molar-refractivity contribution in [2.24, 2.45) is 0 Å². The lowest BCUT2D eigenvalue weighted by molar-refractivity contribution is -0.0320. The fourth-order valence-electron chi connectivity index (χ4n) is 3.65. The molecule has 4 N–H and O–H groups in total. The Bertz CT molecular complexity index is 1000. The van der Waals surface area contributed by atoms with Crippen LogP contribution < -0.4 is 16.0 Å². The Morgan fingerprint density at radius 2 is 2.08 bits per heavy atom. The van der Waals surface area contributed by atoms with Crippen molar-refractivity contribution in [1.29, 1.82) is 0 Å². The molecule has 1 saturated heterocycles. The van der Waals surface area contributed by atoms with Gasteiger partial charge in [0.15, 0.2) is 0 Å². The van der Waals surface area contributed by atoms with Gasteiger partial charge in [0.25, 0.3) is 5.92 Å². The van der Waals surface area contributed by atoms with Crippen molar-refractivity contribution in [2.75, 3.05) is 25.0 Å². The van der Waals surface area contributed by atoms with Crippen molar-refractivity contribution in [2.45, 2.75) is 71.9 Å². The summed E-state index contributed by atoms with van der Waals surface area (Å²) in [6, 6.07) is -0.827. The molecule has 7 nitrogen and oxygen atoms in total. The van der Waals surface area contributed by atoms with Gasteiger partial charge in [0.2, 0.25) is 5.95 Å². The van der Waals surface area contributed by atoms with E-state index in [9.17, 15) is 8.78 Å². The molecule has 0 spiro atoms. The van der Waals surface area contributed by atoms with Gasteiger partial charge in [-0.05, 0) is 50.9 Å². The second-order valence-corrected chi connectivity index (χ2v) is 9.10. The van der Waals surface area contributed by atoms with Gasteiger partial charge in [-0.3, -0.25) is 5.10 Å². The number of hydrogen-bond donors (Lipinski definition) is 4. The van der Waals surface area contributed by atoms with Crippen LogP contribution in [0, 0.1) is 6.92 Å². The summed E-state index contributed by atoms with van der Waals surface area (Å²) in [5.74, 6) is -2.74. The number of aromatic nitrogens is 4. The van der Waals surface area contributed by atoms with Gasteiger partial charge >= 0.3 is 0 Å². The average Bonchev–Trinajstić information content (AvgIpc) is 3.25. The molecule has 0 radical (unpaired) electrons. The predicted molar refractivity (Wildman–Crippen MR) is 145 cm³/mol. The molecule has 0 aromatic carbocycles. The van der Waals surface area contributed by atoms with E-state index in [1.807, 2.05) is 33.8 Å². The first-order chi connectivity index (χ1) is 17.3. The zero-order valence-electron chi connectivity index (χ0n) is 21.4. The van der Waals surface area contributed by atoms with Crippen molar-refractivity contribution in [3.63, 3.8) is 0 Å². The molecule has 0 bridgehead atoms. The summed E-state index contributed by atoms with van der Waals surface area (Å²) in [7, 11) is 0. The Balaban J connectivity index is 0.00000222. The highest BCUT2D eigenvalue weighted by Gasteiger charge is 2.39. The number of nitrogens with zero attached hydrogens (tertiary/aromatic N) is 3. The summed E-state index contributed by atoms with van der Waals surface area (Å²) in [6.45, 7) is 9.12. The third-order valence-electron chi connectivity index (χ3n) is 5.78. The Labute approximate surface area is 222 Å². The van der Waals surface area contributed by atoms with Crippen LogP contribution in [0.15, 0.2) is 23.4 Å². The maximum Gasteiger partial charge on any atom is 0.280 e. The SMILES string of the molecule is C/C=C(Cl)\C=C/c1n[nH]c(CNCCc2nc(NCC(F)(F)C3CCCCN3)ncc2Cl)c1C.CC. The first kappa shape index (κ1) is 30.2. The number of hydrogen-bond acceptors (Lipinski definition) is 6. The zero-order valence-corrected chi connectivity index (χ0v) is 22.9. The second kappa shape index (κ2) is 15.2. The van der Waals surface area contributed by atoms with Gasteiger partial charge < -0.3 is 16.0 Å². The van der Waals surface area contributed by atoms with Gasteiger partial charge in [0.05, 0.1) is 40.9 Å². The zero-order chi connectivity index (χ0) is 26.6. The van der Waals surface area contributed by atoms with E-state index in [1.165, 1.54) is 6.20 Å². The average molecular weight is 545 g/mol. The van der Waals surface area contributed by atoms with E-state index in [1.54, 1.807) is 12.2 Å². The number of alkyl halides is 2. The molecular formula is C25H37Cl2F2N7. The Hall–Kier alpha value is -2.07. The summed E-state index contributed by atoms with van der Waals surface area (Å²) in [4.78, 5) is 8.39. The van der Waals surface area contributed by atoms with Crippen LogP contribution >= 0.6 is 23.2 Å². The highest BCUT2D eigenvalue weighted by Crippen LogP contribution is 2.25. The minimum Gasteiger partial charge on any atom is -0.348 e. The molecule has 1 fully saturated rings. The molecule has 1 atom stereocenters. The molecule has 36 heavy (non-hydrogen) atoms. The van der Waals surface area contributed by atoms with E-state index in [0.717, 1.165) is 29.8 Å². The quantitative estimate of drug-likeness (QED) is 0.209. The highest BCUT2D eigenvalue weighted by atomic mass is 35.5. The van der Waals surface area contributed by atoms with Crippen LogP contribution in [0.1, 0.15) is 62.7 Å². The molecule has 200 valence electrons. The minimum atomic E-state index is -2.89. The Morgan fingerprint density at radius 1 is 1.31 bits per heavy atom. The largest absolute Gasteiger partial charge is 0.348 e. The monoisotopic (exact) mass is 543 g/mol. The van der Waals surface area contributed by atoms with E-state index in [4.69, 9.17) is 23.2 Å². The fraction of sp³-hybridized carbons (Fsp3) is 0.560. The maximum atomic E-state index is 14.5. The molecule has 0 amide bonds. The lowest BCUT2D eigenvalue weighted by Gasteiger charge is -2.31. The van der Waals surface area contributed by atoms with E-state index in [2.05, 4.69) is 36.1 Å². The smallest absolute Gasteiger partial charge is 0.280 e. The number of anilines is 1. The van der Waals surface area contributed by atoms with Gasteiger partial charge in [-0.2, -0.15) is 5.10 Å². The number of piperidine rings is 1. The van der Waals surface area contributed by atoms with E-state index in [-0.39, 0.29) is 5.95 Å². The minimum absolute atomic E-state index is 0.149. The third-order valence-corrected chi connectivity index (χ3v) is 6.44. The van der Waals surface area contributed by atoms with Crippen LogP contribution in [0.25, 0.3) is 6.08 Å². The van der Waals surface area contributed by atoms with Crippen molar-refractivity contribution in [3.05, 3.63) is 51.0 Å². The second-order valence-electron chi connectivity index (χ2n) is 8.25. The van der Waals surface area contributed by atoms with Gasteiger partial charge in [0.1, 0.15) is 0 Å². The lowest BCUT2D eigenvalue weighted by atomic mass is 9.99. The molecule has 3 rings (SSSR count). The Morgan fingerprint density at radius 3 is 2.78 bits per heavy atom. The topological polar surface area (TPSA) is 90.5 Å². The number of nitrogens with one attached hydrogen (secondary N) is 4. The van der Waals surface area contributed by atoms with Crippen molar-refractivity contribution in [3.8, 4) is 0 Å². The van der Waals surface area contributed by atoms with E-state index in [0.29, 0.717) is 48.2 Å². The number of halogens is 4. The maximum absolute atomic E-state index is 14.5. The number of H-pyrrole nitrogens is 1. The first-order valence-electron chi connectivity index (χ1n) is 12.4. The number of allylic oxidation sites excluding steroid dienone is 3. The summed E-state index contributed by atoms with van der Waals surface area (Å²) in [5, 5.41) is 17.3. The van der Waals surface area contributed by atoms with Crippen molar-refractivity contribution >= 4 is 35.2 Å². The van der Waals surface area contributed by atoms with Crippen LogP contribution in [0.2, 0.25) is 5.02 Å². The van der Waals surface area contributed by atoms with Gasteiger partial charge in [-0.15, -0.1) is 0 Å². The molecular weight excluding hydrogens is 507 g/mol. The van der Waals surface area contributed by atoms with Gasteiger partial charge in [-0.1, -0.05) is 49.5 Å². The van der Waals surface area contributed by atoms with Crippen LogP contribution in [0.5, 0.6) is 0 Å². The van der Waals surface area contributed by atoms with Crippen LogP contribution in [0.4, 0.5) is 14.7 Å².